The van der Waals surface area contributed by atoms with Gasteiger partial charge >= 0.3 is 0 Å². The first-order valence-electron chi connectivity index (χ1n) is 12.1. The van der Waals surface area contributed by atoms with E-state index >= 15 is 0 Å². The van der Waals surface area contributed by atoms with Crippen LogP contribution in [0.3, 0.4) is 0 Å². The van der Waals surface area contributed by atoms with Crippen molar-refractivity contribution in [2.24, 2.45) is 0 Å². The zero-order chi connectivity index (χ0) is 25.1. The number of benzene rings is 2. The lowest BCUT2D eigenvalue weighted by Crippen LogP contribution is -2.48. The molecular weight excluding hydrogens is 446 g/mol. The number of amides is 2. The maximum atomic E-state index is 13.9. The Morgan fingerprint density at radius 2 is 1.74 bits per heavy atom. The summed E-state index contributed by atoms with van der Waals surface area (Å²) in [7, 11) is 6.44. The maximum Gasteiger partial charge on any atom is 0.254 e. The molecule has 0 aliphatic carbocycles. The average molecular weight is 482 g/mol. The lowest BCUT2D eigenvalue weighted by Gasteiger charge is -2.40. The minimum absolute atomic E-state index is 0.110. The van der Waals surface area contributed by atoms with E-state index in [0.717, 1.165) is 31.5 Å². The zero-order valence-electron chi connectivity index (χ0n) is 21.2. The lowest BCUT2D eigenvalue weighted by molar-refractivity contribution is -0.124. The molecule has 2 aliphatic heterocycles. The molecule has 8 nitrogen and oxygen atoms in total. The summed E-state index contributed by atoms with van der Waals surface area (Å²) in [6.07, 6.45) is 2.21. The Bertz CT molecular complexity index is 1070. The molecule has 2 aliphatic rings. The summed E-state index contributed by atoms with van der Waals surface area (Å²) >= 11 is 0. The molecule has 2 amide bonds. The van der Waals surface area contributed by atoms with Crippen LogP contribution in [0.4, 0.5) is 0 Å². The molecule has 0 aromatic heterocycles. The van der Waals surface area contributed by atoms with Crippen LogP contribution in [-0.2, 0) is 4.79 Å². The van der Waals surface area contributed by atoms with Crippen LogP contribution in [0.25, 0.3) is 0 Å². The number of nitrogens with one attached hydrogen (secondary N) is 1. The average Bonchev–Trinajstić information content (AvgIpc) is 3.36. The fourth-order valence-corrected chi connectivity index (χ4v) is 5.42. The molecule has 1 saturated heterocycles. The topological polar surface area (TPSA) is 80.3 Å². The Balaban J connectivity index is 1.76. The normalized spacial score (nSPS) is 22.0. The first kappa shape index (κ1) is 24.9. The van der Waals surface area contributed by atoms with Crippen LogP contribution in [0.1, 0.15) is 53.2 Å². The van der Waals surface area contributed by atoms with Crippen LogP contribution in [0, 0.1) is 0 Å². The summed E-state index contributed by atoms with van der Waals surface area (Å²) in [5.74, 6) is 0.771. The maximum absolute atomic E-state index is 13.9. The number of fused-ring (bicyclic) bond motifs is 1. The molecule has 1 fully saturated rings. The van der Waals surface area contributed by atoms with Crippen molar-refractivity contribution in [3.63, 3.8) is 0 Å². The highest BCUT2D eigenvalue weighted by molar-refractivity contribution is 6.02. The molecule has 0 bridgehead atoms. The Labute approximate surface area is 207 Å². The Morgan fingerprint density at radius 1 is 1.06 bits per heavy atom. The number of carbonyl (C=O) groups is 2. The Morgan fingerprint density at radius 3 is 2.37 bits per heavy atom. The molecule has 35 heavy (non-hydrogen) atoms. The van der Waals surface area contributed by atoms with Crippen LogP contribution in [0.2, 0.25) is 0 Å². The number of methoxy groups -OCH3 is 3. The molecule has 4 rings (SSSR count). The summed E-state index contributed by atoms with van der Waals surface area (Å²) < 4.78 is 16.3. The molecule has 0 radical (unpaired) electrons. The lowest BCUT2D eigenvalue weighted by atomic mass is 9.79. The number of likely N-dealkylation sites (tertiary alicyclic amines) is 1. The summed E-state index contributed by atoms with van der Waals surface area (Å²) in [6.45, 7) is 4.76. The standard InChI is InChI=1S/C27H35N3O5/c1-6-30-13-7-8-18(30)16-28-26(31)24-20-14-22(34-4)23(35-5)15-21(20)27(32)29(2)25(24)17-9-11-19(33-3)12-10-17/h9-12,14-15,18,24-25H,6-8,13,16H2,1-5H3,(H,28,31)/t18-,24+,25+/m0/s1. The van der Waals surface area contributed by atoms with E-state index in [1.165, 1.54) is 7.11 Å². The highest BCUT2D eigenvalue weighted by atomic mass is 16.5. The quantitative estimate of drug-likeness (QED) is 0.624. The van der Waals surface area contributed by atoms with Gasteiger partial charge in [-0.25, -0.2) is 0 Å². The van der Waals surface area contributed by atoms with E-state index in [1.807, 2.05) is 24.3 Å². The number of likely N-dealkylation sites (N-methyl/N-ethyl adjacent to an activating group) is 2. The molecule has 8 heteroatoms. The minimum atomic E-state index is -0.614. The van der Waals surface area contributed by atoms with Gasteiger partial charge in [0.25, 0.3) is 5.91 Å². The van der Waals surface area contributed by atoms with E-state index in [4.69, 9.17) is 14.2 Å². The second kappa shape index (κ2) is 10.6. The monoisotopic (exact) mass is 481 g/mol. The van der Waals surface area contributed by atoms with Gasteiger partial charge in [-0.05, 0) is 61.3 Å². The molecule has 2 aromatic carbocycles. The zero-order valence-corrected chi connectivity index (χ0v) is 21.2. The summed E-state index contributed by atoms with van der Waals surface area (Å²) in [5.41, 5.74) is 1.95. The van der Waals surface area contributed by atoms with E-state index < -0.39 is 12.0 Å². The molecular formula is C27H35N3O5. The molecule has 188 valence electrons. The van der Waals surface area contributed by atoms with Gasteiger partial charge < -0.3 is 24.4 Å². The van der Waals surface area contributed by atoms with Crippen molar-refractivity contribution in [3.05, 3.63) is 53.1 Å². The molecule has 2 heterocycles. The van der Waals surface area contributed by atoms with Gasteiger partial charge in [0.15, 0.2) is 11.5 Å². The van der Waals surface area contributed by atoms with Gasteiger partial charge in [0.1, 0.15) is 5.75 Å². The third kappa shape index (κ3) is 4.67. The number of ether oxygens (including phenoxy) is 3. The minimum Gasteiger partial charge on any atom is -0.497 e. The van der Waals surface area contributed by atoms with Gasteiger partial charge in [0.2, 0.25) is 5.91 Å². The molecule has 0 saturated carbocycles. The van der Waals surface area contributed by atoms with E-state index in [0.29, 0.717) is 41.0 Å². The van der Waals surface area contributed by atoms with Crippen LogP contribution >= 0.6 is 0 Å². The molecule has 1 N–H and O–H groups in total. The van der Waals surface area contributed by atoms with Crippen molar-refractivity contribution in [2.75, 3.05) is 48.0 Å². The summed E-state index contributed by atoms with van der Waals surface area (Å²) in [6, 6.07) is 10.8. The predicted octanol–water partition coefficient (Wildman–Crippen LogP) is 3.22. The first-order valence-corrected chi connectivity index (χ1v) is 12.1. The fraction of sp³-hybridized carbons (Fsp3) is 0.481. The highest BCUT2D eigenvalue weighted by Crippen LogP contribution is 2.45. The van der Waals surface area contributed by atoms with Gasteiger partial charge in [-0.2, -0.15) is 0 Å². The van der Waals surface area contributed by atoms with Crippen molar-refractivity contribution in [1.29, 1.82) is 0 Å². The van der Waals surface area contributed by atoms with Gasteiger partial charge in [-0.15, -0.1) is 0 Å². The Hall–Kier alpha value is -3.26. The van der Waals surface area contributed by atoms with E-state index in [9.17, 15) is 9.59 Å². The highest BCUT2D eigenvalue weighted by Gasteiger charge is 2.43. The van der Waals surface area contributed by atoms with Gasteiger partial charge in [-0.1, -0.05) is 19.1 Å². The number of carbonyl (C=O) groups excluding carboxylic acids is 2. The van der Waals surface area contributed by atoms with Gasteiger partial charge in [-0.3, -0.25) is 14.5 Å². The summed E-state index contributed by atoms with van der Waals surface area (Å²) in [5, 5.41) is 3.21. The first-order chi connectivity index (χ1) is 16.9. The van der Waals surface area contributed by atoms with Crippen molar-refractivity contribution in [2.45, 2.75) is 37.8 Å². The fourth-order valence-electron chi connectivity index (χ4n) is 5.42. The predicted molar refractivity (Wildman–Crippen MR) is 133 cm³/mol. The van der Waals surface area contributed by atoms with Crippen LogP contribution < -0.4 is 19.5 Å². The molecule has 0 spiro atoms. The van der Waals surface area contributed by atoms with Gasteiger partial charge in [0.05, 0.1) is 33.3 Å². The molecule has 3 atom stereocenters. The van der Waals surface area contributed by atoms with E-state index in [-0.39, 0.29) is 11.8 Å². The van der Waals surface area contributed by atoms with Crippen LogP contribution in [0.5, 0.6) is 17.2 Å². The number of hydrogen-bond donors (Lipinski definition) is 1. The van der Waals surface area contributed by atoms with E-state index in [1.54, 1.807) is 38.3 Å². The SMILES string of the molecule is CCN1CCC[C@H]1CNC(=O)[C@@H]1c2cc(OC)c(OC)cc2C(=O)N(C)[C@@H]1c1ccc(OC)cc1. The molecule has 2 aromatic rings. The largest absolute Gasteiger partial charge is 0.497 e. The van der Waals surface area contributed by atoms with Crippen LogP contribution in [0.15, 0.2) is 36.4 Å². The number of hydrogen-bond acceptors (Lipinski definition) is 6. The smallest absolute Gasteiger partial charge is 0.254 e. The van der Waals surface area contributed by atoms with Crippen molar-refractivity contribution in [3.8, 4) is 17.2 Å². The van der Waals surface area contributed by atoms with E-state index in [2.05, 4.69) is 17.1 Å². The number of nitrogens with zero attached hydrogens (tertiary/aromatic N) is 2. The number of rotatable bonds is 8. The van der Waals surface area contributed by atoms with Crippen molar-refractivity contribution in [1.82, 2.24) is 15.1 Å². The van der Waals surface area contributed by atoms with Gasteiger partial charge in [0, 0.05) is 25.2 Å². The van der Waals surface area contributed by atoms with Crippen molar-refractivity contribution >= 4 is 11.8 Å². The third-order valence-electron chi connectivity index (χ3n) is 7.33. The Kier molecular flexibility index (Phi) is 7.50. The summed E-state index contributed by atoms with van der Waals surface area (Å²) in [4.78, 5) is 31.4. The van der Waals surface area contributed by atoms with Crippen LogP contribution in [-0.4, -0.2) is 75.7 Å². The molecule has 0 unspecified atom stereocenters. The second-order valence-corrected chi connectivity index (χ2v) is 9.08. The van der Waals surface area contributed by atoms with Crippen molar-refractivity contribution < 1.29 is 23.8 Å². The second-order valence-electron chi connectivity index (χ2n) is 9.08. The third-order valence-corrected chi connectivity index (χ3v) is 7.33.